The molecule has 0 bridgehead atoms. The molecule has 0 radical (unpaired) electrons. The van der Waals surface area contributed by atoms with Crippen LogP contribution in [0.5, 0.6) is 5.75 Å². The van der Waals surface area contributed by atoms with Crippen molar-refractivity contribution in [3.05, 3.63) is 47.7 Å². The third-order valence-electron chi connectivity index (χ3n) is 3.41. The second-order valence-corrected chi connectivity index (χ2v) is 8.24. The summed E-state index contributed by atoms with van der Waals surface area (Å²) in [5, 5.41) is 14.7. The molecular weight excluding hydrogens is 406 g/mol. The largest absolute Gasteiger partial charge is 0.497 e. The highest BCUT2D eigenvalue weighted by atomic mass is 35.5. The average Bonchev–Trinajstić information content (AvgIpc) is 3.11. The van der Waals surface area contributed by atoms with E-state index < -0.39 is 0 Å². The predicted octanol–water partition coefficient (Wildman–Crippen LogP) is 4.46. The lowest BCUT2D eigenvalue weighted by Crippen LogP contribution is -2.22. The smallest absolute Gasteiger partial charge is 0.237 e. The maximum absolute atomic E-state index is 12.3. The zero-order chi connectivity index (χ0) is 19.2. The third-order valence-corrected chi connectivity index (χ3v) is 5.74. The van der Waals surface area contributed by atoms with Crippen LogP contribution in [0.4, 0.5) is 16.5 Å². The molecule has 3 rings (SSSR count). The number of methoxy groups -OCH3 is 1. The van der Waals surface area contributed by atoms with Gasteiger partial charge in [-0.1, -0.05) is 34.7 Å². The number of hydrogen-bond donors (Lipinski definition) is 2. The second kappa shape index (κ2) is 9.03. The molecule has 0 aliphatic rings. The molecule has 1 aromatic carbocycles. The maximum Gasteiger partial charge on any atom is 0.237 e. The number of aromatic nitrogens is 3. The van der Waals surface area contributed by atoms with Gasteiger partial charge in [0.1, 0.15) is 5.75 Å². The van der Waals surface area contributed by atoms with Gasteiger partial charge in [0.25, 0.3) is 0 Å². The van der Waals surface area contributed by atoms with Gasteiger partial charge in [-0.2, -0.15) is 0 Å². The molecular formula is C17H16ClN5O2S2. The van der Waals surface area contributed by atoms with Crippen molar-refractivity contribution in [1.82, 2.24) is 15.2 Å². The van der Waals surface area contributed by atoms with E-state index in [1.165, 1.54) is 23.1 Å². The molecule has 10 heteroatoms. The van der Waals surface area contributed by atoms with Crippen molar-refractivity contribution >= 4 is 57.1 Å². The van der Waals surface area contributed by atoms with E-state index in [0.29, 0.717) is 15.2 Å². The number of benzene rings is 1. The SMILES string of the molecule is COc1ccc(Nc2nnc(SC(C)C(=O)Nc3cccnc3Cl)s2)cc1. The molecule has 3 aromatic rings. The molecule has 0 aliphatic heterocycles. The molecule has 1 amide bonds. The summed E-state index contributed by atoms with van der Waals surface area (Å²) in [6, 6.07) is 10.9. The van der Waals surface area contributed by atoms with Crippen LogP contribution in [0.2, 0.25) is 5.15 Å². The first-order valence-electron chi connectivity index (χ1n) is 7.88. The van der Waals surface area contributed by atoms with Gasteiger partial charge >= 0.3 is 0 Å². The minimum Gasteiger partial charge on any atom is -0.497 e. The van der Waals surface area contributed by atoms with Crippen LogP contribution in [0.3, 0.4) is 0 Å². The van der Waals surface area contributed by atoms with Gasteiger partial charge in [0, 0.05) is 11.9 Å². The number of nitrogens with zero attached hydrogens (tertiary/aromatic N) is 3. The van der Waals surface area contributed by atoms with Gasteiger partial charge < -0.3 is 15.4 Å². The van der Waals surface area contributed by atoms with Crippen molar-refractivity contribution in [1.29, 1.82) is 0 Å². The van der Waals surface area contributed by atoms with Crippen molar-refractivity contribution in [3.63, 3.8) is 0 Å². The second-order valence-electron chi connectivity index (χ2n) is 5.32. The van der Waals surface area contributed by atoms with Crippen LogP contribution in [0.15, 0.2) is 46.9 Å². The summed E-state index contributed by atoms with van der Waals surface area (Å²) in [7, 11) is 1.62. The van der Waals surface area contributed by atoms with Crippen LogP contribution < -0.4 is 15.4 Å². The molecule has 0 saturated carbocycles. The summed E-state index contributed by atoms with van der Waals surface area (Å²) in [6.07, 6.45) is 1.56. The highest BCUT2D eigenvalue weighted by Crippen LogP contribution is 2.31. The van der Waals surface area contributed by atoms with E-state index in [4.69, 9.17) is 16.3 Å². The zero-order valence-electron chi connectivity index (χ0n) is 14.5. The number of ether oxygens (including phenoxy) is 1. The fourth-order valence-corrected chi connectivity index (χ4v) is 4.11. The number of nitrogens with one attached hydrogen (secondary N) is 2. The van der Waals surface area contributed by atoms with Gasteiger partial charge in [-0.3, -0.25) is 4.79 Å². The zero-order valence-corrected chi connectivity index (χ0v) is 16.9. The van der Waals surface area contributed by atoms with Gasteiger partial charge in [0.2, 0.25) is 11.0 Å². The minimum absolute atomic E-state index is 0.185. The van der Waals surface area contributed by atoms with Crippen molar-refractivity contribution in [2.24, 2.45) is 0 Å². The lowest BCUT2D eigenvalue weighted by molar-refractivity contribution is -0.115. The Bertz CT molecular complexity index is 920. The topological polar surface area (TPSA) is 89.0 Å². The Morgan fingerprint density at radius 1 is 1.26 bits per heavy atom. The molecule has 0 aliphatic carbocycles. The van der Waals surface area contributed by atoms with E-state index in [1.807, 2.05) is 24.3 Å². The summed E-state index contributed by atoms with van der Waals surface area (Å²) in [5.41, 5.74) is 1.36. The summed E-state index contributed by atoms with van der Waals surface area (Å²) >= 11 is 8.66. The number of carbonyl (C=O) groups excluding carboxylic acids is 1. The Morgan fingerprint density at radius 3 is 2.74 bits per heavy atom. The van der Waals surface area contributed by atoms with Crippen LogP contribution in [-0.4, -0.2) is 33.4 Å². The van der Waals surface area contributed by atoms with Gasteiger partial charge in [0.15, 0.2) is 9.49 Å². The third kappa shape index (κ3) is 5.31. The van der Waals surface area contributed by atoms with E-state index in [2.05, 4.69) is 25.8 Å². The van der Waals surface area contributed by atoms with Crippen molar-refractivity contribution in [2.45, 2.75) is 16.5 Å². The van der Waals surface area contributed by atoms with E-state index in [-0.39, 0.29) is 16.3 Å². The molecule has 0 fully saturated rings. The Hall–Kier alpha value is -2.36. The number of thioether (sulfide) groups is 1. The Kier molecular flexibility index (Phi) is 6.49. The molecule has 140 valence electrons. The van der Waals surface area contributed by atoms with E-state index in [0.717, 1.165) is 11.4 Å². The van der Waals surface area contributed by atoms with Gasteiger partial charge in [-0.25, -0.2) is 4.98 Å². The number of carbonyl (C=O) groups is 1. The van der Waals surface area contributed by atoms with Crippen LogP contribution in [0, 0.1) is 0 Å². The number of pyridine rings is 1. The molecule has 2 heterocycles. The fourth-order valence-electron chi connectivity index (χ4n) is 2.02. The van der Waals surface area contributed by atoms with Gasteiger partial charge in [0.05, 0.1) is 18.0 Å². The minimum atomic E-state index is -0.372. The molecule has 2 N–H and O–H groups in total. The Morgan fingerprint density at radius 2 is 2.04 bits per heavy atom. The van der Waals surface area contributed by atoms with E-state index in [1.54, 1.807) is 32.4 Å². The maximum atomic E-state index is 12.3. The highest BCUT2D eigenvalue weighted by molar-refractivity contribution is 8.02. The van der Waals surface area contributed by atoms with Crippen molar-refractivity contribution in [2.75, 3.05) is 17.7 Å². The van der Waals surface area contributed by atoms with Crippen LogP contribution in [-0.2, 0) is 4.79 Å². The van der Waals surface area contributed by atoms with Gasteiger partial charge in [-0.15, -0.1) is 10.2 Å². The first-order valence-corrected chi connectivity index (χ1v) is 9.95. The summed E-state index contributed by atoms with van der Waals surface area (Å²) < 4.78 is 5.82. The lowest BCUT2D eigenvalue weighted by Gasteiger charge is -2.10. The van der Waals surface area contributed by atoms with E-state index >= 15 is 0 Å². The highest BCUT2D eigenvalue weighted by Gasteiger charge is 2.18. The normalized spacial score (nSPS) is 11.7. The Labute approximate surface area is 169 Å². The average molecular weight is 422 g/mol. The van der Waals surface area contributed by atoms with Crippen LogP contribution in [0.25, 0.3) is 0 Å². The quantitative estimate of drug-likeness (QED) is 0.430. The van der Waals surface area contributed by atoms with E-state index in [9.17, 15) is 4.79 Å². The predicted molar refractivity (Wildman–Crippen MR) is 109 cm³/mol. The molecule has 27 heavy (non-hydrogen) atoms. The summed E-state index contributed by atoms with van der Waals surface area (Å²) in [4.78, 5) is 16.3. The lowest BCUT2D eigenvalue weighted by atomic mass is 10.3. The first kappa shape index (κ1) is 19.4. The van der Waals surface area contributed by atoms with Gasteiger partial charge in [-0.05, 0) is 43.3 Å². The number of rotatable bonds is 7. The molecule has 1 atom stereocenters. The molecule has 1 unspecified atom stereocenters. The summed E-state index contributed by atoms with van der Waals surface area (Å²) in [5.74, 6) is 0.595. The number of hydrogen-bond acceptors (Lipinski definition) is 8. The fraction of sp³-hybridized carbons (Fsp3) is 0.176. The molecule has 0 spiro atoms. The summed E-state index contributed by atoms with van der Waals surface area (Å²) in [6.45, 7) is 1.79. The molecule has 2 aromatic heterocycles. The monoisotopic (exact) mass is 421 g/mol. The molecule has 7 nitrogen and oxygen atoms in total. The van der Waals surface area contributed by atoms with Crippen molar-refractivity contribution in [3.8, 4) is 5.75 Å². The van der Waals surface area contributed by atoms with Crippen LogP contribution >= 0.6 is 34.7 Å². The number of halogens is 1. The number of amides is 1. The standard InChI is InChI=1S/C17H16ClN5O2S2/c1-10(15(24)21-13-4-3-9-19-14(13)18)26-17-23-22-16(27-17)20-11-5-7-12(25-2)8-6-11/h3-10H,1-2H3,(H,20,22)(H,21,24). The molecule has 0 saturated heterocycles. The first-order chi connectivity index (χ1) is 13.0. The Balaban J connectivity index is 1.57. The number of anilines is 3. The van der Waals surface area contributed by atoms with Crippen LogP contribution in [0.1, 0.15) is 6.92 Å². The van der Waals surface area contributed by atoms with Crippen molar-refractivity contribution < 1.29 is 9.53 Å².